The summed E-state index contributed by atoms with van der Waals surface area (Å²) in [7, 11) is 1.27. The van der Waals surface area contributed by atoms with Crippen LogP contribution in [0.5, 0.6) is 28.7 Å². The fourth-order valence-corrected chi connectivity index (χ4v) is 6.25. The average molecular weight is 776 g/mol. The monoisotopic (exact) mass is 774 g/mol. The van der Waals surface area contributed by atoms with E-state index in [4.69, 9.17) is 28.4 Å². The summed E-state index contributed by atoms with van der Waals surface area (Å²) < 4.78 is 34.7. The minimum atomic E-state index is -1.16. The van der Waals surface area contributed by atoms with Gasteiger partial charge in [0, 0.05) is 5.70 Å². The molecule has 15 heteroatoms. The lowest BCUT2D eigenvalue weighted by Gasteiger charge is -2.28. The van der Waals surface area contributed by atoms with Crippen LogP contribution < -0.4 is 39.7 Å². The van der Waals surface area contributed by atoms with E-state index in [9.17, 15) is 14.7 Å². The lowest BCUT2D eigenvalue weighted by atomic mass is 9.95. The number of hydrogen-bond donors (Lipinski definition) is 4. The number of aliphatic hydroxyl groups is 1. The third kappa shape index (κ3) is 8.28. The third-order valence-electron chi connectivity index (χ3n) is 6.95. The van der Waals surface area contributed by atoms with Gasteiger partial charge in [-0.25, -0.2) is 9.59 Å². The summed E-state index contributed by atoms with van der Waals surface area (Å²) in [5.74, 6) is 2.16. The van der Waals surface area contributed by atoms with Gasteiger partial charge in [0.15, 0.2) is 29.2 Å². The van der Waals surface area contributed by atoms with Gasteiger partial charge in [-0.3, -0.25) is 5.43 Å². The van der Waals surface area contributed by atoms with Gasteiger partial charge in [0.25, 0.3) is 0 Å². The van der Waals surface area contributed by atoms with Gasteiger partial charge in [0.1, 0.15) is 19.0 Å². The molecular weight excluding hydrogens is 744 g/mol. The van der Waals surface area contributed by atoms with Crippen LogP contribution in [0, 0.1) is 0 Å². The average Bonchev–Trinajstić information content (AvgIpc) is 3.51. The Hall–Kier alpha value is -4.47. The van der Waals surface area contributed by atoms with Crippen molar-refractivity contribution in [3.8, 4) is 28.7 Å². The number of hydrazone groups is 1. The van der Waals surface area contributed by atoms with Crippen LogP contribution in [0.3, 0.4) is 0 Å². The number of ether oxygens (including phenoxy) is 6. The topological polar surface area (TPSA) is 158 Å². The van der Waals surface area contributed by atoms with Crippen molar-refractivity contribution in [2.24, 2.45) is 5.10 Å². The zero-order valence-corrected chi connectivity index (χ0v) is 28.8. The highest BCUT2D eigenvalue weighted by molar-refractivity contribution is 9.11. The van der Waals surface area contributed by atoms with E-state index in [0.717, 1.165) is 11.1 Å². The molecule has 2 aliphatic heterocycles. The molecule has 0 aliphatic carbocycles. The molecule has 0 saturated heterocycles. The summed E-state index contributed by atoms with van der Waals surface area (Å²) in [4.78, 5) is 24.6. The van der Waals surface area contributed by atoms with E-state index >= 15 is 0 Å². The summed E-state index contributed by atoms with van der Waals surface area (Å²) in [5.41, 5.74) is 5.53. The molecule has 13 nitrogen and oxygen atoms in total. The van der Waals surface area contributed by atoms with Crippen LogP contribution in [-0.2, 0) is 16.1 Å². The number of amides is 2. The second kappa shape index (κ2) is 15.4. The second-order valence-electron chi connectivity index (χ2n) is 10.2. The predicted molar refractivity (Wildman–Crippen MR) is 178 cm³/mol. The zero-order valence-electron chi connectivity index (χ0n) is 25.6. The first-order chi connectivity index (χ1) is 22.7. The molecule has 3 aromatic carbocycles. The number of fused-ring (bicyclic) bond motifs is 1. The molecule has 0 aromatic heterocycles. The molecular formula is C32H32Br2N4O9. The number of nitrogens with one attached hydrogen (secondary N) is 3. The van der Waals surface area contributed by atoms with Crippen LogP contribution in [0.15, 0.2) is 73.8 Å². The van der Waals surface area contributed by atoms with Crippen molar-refractivity contribution < 1.29 is 43.1 Å². The lowest BCUT2D eigenvalue weighted by molar-refractivity contribution is -0.136. The van der Waals surface area contributed by atoms with Crippen LogP contribution in [0.1, 0.15) is 36.6 Å². The maximum absolute atomic E-state index is 12.5. The normalized spacial score (nSPS) is 16.0. The highest BCUT2D eigenvalue weighted by Crippen LogP contribution is 2.37. The lowest BCUT2D eigenvalue weighted by Crippen LogP contribution is -2.45. The Labute approximate surface area is 287 Å². The van der Waals surface area contributed by atoms with Gasteiger partial charge in [0.05, 0.1) is 40.5 Å². The van der Waals surface area contributed by atoms with E-state index in [0.29, 0.717) is 62.2 Å². The smallest absolute Gasteiger partial charge is 0.337 e. The fraction of sp³-hybridized carbons (Fsp3) is 0.281. The molecule has 5 rings (SSSR count). The molecule has 3 aromatic rings. The van der Waals surface area contributed by atoms with Gasteiger partial charge in [-0.2, -0.15) is 5.10 Å². The van der Waals surface area contributed by atoms with Crippen LogP contribution in [0.25, 0.3) is 0 Å². The number of aliphatic hydroxyl groups excluding tert-OH is 1. The van der Waals surface area contributed by atoms with E-state index in [1.165, 1.54) is 7.11 Å². The number of allylic oxidation sites excluding steroid dienone is 1. The Morgan fingerprint density at radius 2 is 1.85 bits per heavy atom. The summed E-state index contributed by atoms with van der Waals surface area (Å²) >= 11 is 7.10. The largest absolute Gasteiger partial charge is 0.490 e. The highest BCUT2D eigenvalue weighted by atomic mass is 79.9. The Morgan fingerprint density at radius 3 is 2.60 bits per heavy atom. The predicted octanol–water partition coefficient (Wildman–Crippen LogP) is 5.04. The number of rotatable bonds is 13. The number of carbonyl (C=O) groups is 2. The zero-order chi connectivity index (χ0) is 33.5. The van der Waals surface area contributed by atoms with Gasteiger partial charge < -0.3 is 44.2 Å². The Kier molecular flexibility index (Phi) is 11.1. The van der Waals surface area contributed by atoms with Gasteiger partial charge >= 0.3 is 12.0 Å². The van der Waals surface area contributed by atoms with Gasteiger partial charge in [-0.1, -0.05) is 12.1 Å². The number of carbonyl (C=O) groups excluding carboxylic acids is 2. The molecule has 2 aliphatic rings. The van der Waals surface area contributed by atoms with Crippen LogP contribution in [0.2, 0.25) is 0 Å². The van der Waals surface area contributed by atoms with Gasteiger partial charge in [0.2, 0.25) is 6.79 Å². The SMILES string of the molecule is CCOc1cc([C@H]2NC(=O)NC(C)=C2C(=O)OC)ccc1OC[C@@H](O)N/N=C\c1cc(Br)c(OCc2ccc3c(c2)OCO3)c(Br)c1. The minimum absolute atomic E-state index is 0.159. The summed E-state index contributed by atoms with van der Waals surface area (Å²) in [6.45, 7) is 4.14. The van der Waals surface area contributed by atoms with Crippen molar-refractivity contribution in [3.05, 3.63) is 85.4 Å². The van der Waals surface area contributed by atoms with Crippen molar-refractivity contribution in [3.63, 3.8) is 0 Å². The molecule has 2 heterocycles. The summed E-state index contributed by atoms with van der Waals surface area (Å²) in [6, 6.07) is 13.1. The van der Waals surface area contributed by atoms with E-state index in [-0.39, 0.29) is 19.0 Å². The van der Waals surface area contributed by atoms with Gasteiger partial charge in [-0.05, 0) is 98.8 Å². The number of esters is 1. The van der Waals surface area contributed by atoms with Gasteiger partial charge in [-0.15, -0.1) is 0 Å². The molecule has 47 heavy (non-hydrogen) atoms. The second-order valence-corrected chi connectivity index (χ2v) is 11.9. The minimum Gasteiger partial charge on any atom is -0.490 e. The Bertz CT molecular complexity index is 1690. The number of hydrogen-bond acceptors (Lipinski definition) is 11. The first kappa shape index (κ1) is 33.9. The molecule has 0 unspecified atom stereocenters. The molecule has 2 atom stereocenters. The number of urea groups is 1. The molecule has 248 valence electrons. The molecule has 2 amide bonds. The van der Waals surface area contributed by atoms with E-state index in [1.807, 2.05) is 37.3 Å². The van der Waals surface area contributed by atoms with Crippen molar-refractivity contribution in [2.75, 3.05) is 27.1 Å². The summed E-state index contributed by atoms with van der Waals surface area (Å²) in [6.07, 6.45) is 0.388. The molecule has 0 spiro atoms. The van der Waals surface area contributed by atoms with E-state index < -0.39 is 24.3 Å². The van der Waals surface area contributed by atoms with E-state index in [2.05, 4.69) is 53.0 Å². The number of methoxy groups -OCH3 is 1. The Balaban J connectivity index is 1.18. The first-order valence-corrected chi connectivity index (χ1v) is 16.0. The van der Waals surface area contributed by atoms with Crippen LogP contribution >= 0.6 is 31.9 Å². The van der Waals surface area contributed by atoms with E-state index in [1.54, 1.807) is 31.3 Å². The maximum atomic E-state index is 12.5. The quantitative estimate of drug-likeness (QED) is 0.0803. The van der Waals surface area contributed by atoms with Crippen molar-refractivity contribution in [1.82, 2.24) is 16.1 Å². The molecule has 0 saturated carbocycles. The summed E-state index contributed by atoms with van der Waals surface area (Å²) in [5, 5.41) is 19.9. The van der Waals surface area contributed by atoms with Crippen molar-refractivity contribution in [2.45, 2.75) is 32.7 Å². The Morgan fingerprint density at radius 1 is 1.09 bits per heavy atom. The third-order valence-corrected chi connectivity index (χ3v) is 8.13. The fourth-order valence-electron chi connectivity index (χ4n) is 4.80. The van der Waals surface area contributed by atoms with Crippen LogP contribution in [0.4, 0.5) is 4.79 Å². The number of halogens is 2. The molecule has 0 bridgehead atoms. The first-order valence-electron chi connectivity index (χ1n) is 14.4. The molecule has 0 radical (unpaired) electrons. The number of benzene rings is 3. The molecule has 0 fully saturated rings. The molecule has 4 N–H and O–H groups in total. The van der Waals surface area contributed by atoms with Crippen molar-refractivity contribution >= 4 is 50.1 Å². The number of nitrogens with zero attached hydrogens (tertiary/aromatic N) is 1. The standard InChI is InChI=1S/C32H32Br2N4O9/c1-4-43-26-12-20(29-28(31(40)42-3)17(2)36-32(41)37-29)6-8-23(26)44-15-27(39)38-35-13-19-9-21(33)30(22(34)10-19)45-14-18-5-7-24-25(11-18)47-16-46-24/h5-13,27,29,38-39H,4,14-16H2,1-3H3,(H2,36,37,41)/b35-13-/t27-,29-/m1/s1. The maximum Gasteiger partial charge on any atom is 0.337 e. The highest BCUT2D eigenvalue weighted by Gasteiger charge is 2.32. The van der Waals surface area contributed by atoms with Crippen molar-refractivity contribution in [1.29, 1.82) is 0 Å². The van der Waals surface area contributed by atoms with Crippen LogP contribution in [-0.4, -0.2) is 56.7 Å².